The SMILES string of the molecule is Cc1cc(N/N=C\c2ccc(Br)cc2)nc(N2CCOCC2)n1. The molecule has 1 fully saturated rings. The van der Waals surface area contributed by atoms with Crippen molar-refractivity contribution >= 4 is 33.9 Å². The third-order valence-corrected chi connectivity index (χ3v) is 3.93. The second-order valence-corrected chi connectivity index (χ2v) is 6.13. The minimum atomic E-state index is 0.687. The van der Waals surface area contributed by atoms with Gasteiger partial charge < -0.3 is 9.64 Å². The molecule has 2 heterocycles. The first kappa shape index (κ1) is 15.9. The number of aryl methyl sites for hydroxylation is 1. The van der Waals surface area contributed by atoms with Crippen LogP contribution in [0.1, 0.15) is 11.3 Å². The lowest BCUT2D eigenvalue weighted by molar-refractivity contribution is 0.122. The van der Waals surface area contributed by atoms with E-state index in [4.69, 9.17) is 4.74 Å². The maximum Gasteiger partial charge on any atom is 0.227 e. The predicted molar refractivity (Wildman–Crippen MR) is 95.2 cm³/mol. The number of hydrogen-bond donors (Lipinski definition) is 1. The summed E-state index contributed by atoms with van der Waals surface area (Å²) in [6, 6.07) is 9.81. The van der Waals surface area contributed by atoms with Gasteiger partial charge in [0.05, 0.1) is 19.4 Å². The summed E-state index contributed by atoms with van der Waals surface area (Å²) in [6.07, 6.45) is 1.76. The summed E-state index contributed by atoms with van der Waals surface area (Å²) >= 11 is 3.41. The number of benzene rings is 1. The maximum atomic E-state index is 5.36. The highest BCUT2D eigenvalue weighted by molar-refractivity contribution is 9.10. The molecule has 1 aromatic carbocycles. The Morgan fingerprint density at radius 2 is 1.96 bits per heavy atom. The Bertz CT molecular complexity index is 683. The monoisotopic (exact) mass is 375 g/mol. The first-order valence-corrected chi connectivity index (χ1v) is 8.23. The van der Waals surface area contributed by atoms with E-state index in [0.29, 0.717) is 19.0 Å². The van der Waals surface area contributed by atoms with Gasteiger partial charge in [-0.1, -0.05) is 28.1 Å². The van der Waals surface area contributed by atoms with Crippen LogP contribution < -0.4 is 10.3 Å². The van der Waals surface area contributed by atoms with Crippen molar-refractivity contribution in [1.29, 1.82) is 0 Å². The largest absolute Gasteiger partial charge is 0.378 e. The standard InChI is InChI=1S/C16H18BrN5O/c1-12-10-15(20-16(19-12)22-6-8-23-9-7-22)21-18-11-13-2-4-14(17)5-3-13/h2-5,10-11H,6-9H2,1H3,(H,19,20,21)/b18-11-. The number of morpholine rings is 1. The van der Waals surface area contributed by atoms with Gasteiger partial charge in [-0.3, -0.25) is 5.43 Å². The Hall–Kier alpha value is -1.99. The molecule has 1 aliphatic rings. The van der Waals surface area contributed by atoms with Gasteiger partial charge in [0.1, 0.15) is 0 Å². The average molecular weight is 376 g/mol. The summed E-state index contributed by atoms with van der Waals surface area (Å²) in [5, 5.41) is 4.25. The smallest absolute Gasteiger partial charge is 0.227 e. The lowest BCUT2D eigenvalue weighted by atomic mass is 10.2. The molecule has 1 saturated heterocycles. The molecule has 6 nitrogen and oxygen atoms in total. The number of rotatable bonds is 4. The number of ether oxygens (including phenoxy) is 1. The second kappa shape index (κ2) is 7.52. The molecule has 0 radical (unpaired) electrons. The fraction of sp³-hybridized carbons (Fsp3) is 0.312. The van der Waals surface area contributed by atoms with Crippen molar-refractivity contribution in [2.24, 2.45) is 5.10 Å². The van der Waals surface area contributed by atoms with Crippen LogP contribution in [-0.4, -0.2) is 42.5 Å². The van der Waals surface area contributed by atoms with E-state index in [1.54, 1.807) is 6.21 Å². The maximum absolute atomic E-state index is 5.36. The van der Waals surface area contributed by atoms with Crippen LogP contribution >= 0.6 is 15.9 Å². The van der Waals surface area contributed by atoms with E-state index in [0.717, 1.165) is 34.8 Å². The Kier molecular flexibility index (Phi) is 5.19. The molecule has 0 amide bonds. The molecule has 3 rings (SSSR count). The number of hydrazone groups is 1. The fourth-order valence-corrected chi connectivity index (χ4v) is 2.50. The molecule has 0 unspecified atom stereocenters. The Labute approximate surface area is 143 Å². The van der Waals surface area contributed by atoms with Gasteiger partial charge in [-0.15, -0.1) is 0 Å². The van der Waals surface area contributed by atoms with E-state index in [9.17, 15) is 0 Å². The van der Waals surface area contributed by atoms with Crippen molar-refractivity contribution in [2.75, 3.05) is 36.6 Å². The van der Waals surface area contributed by atoms with Crippen molar-refractivity contribution < 1.29 is 4.74 Å². The third kappa shape index (κ3) is 4.49. The minimum Gasteiger partial charge on any atom is -0.378 e. The summed E-state index contributed by atoms with van der Waals surface area (Å²) in [4.78, 5) is 11.2. The first-order valence-electron chi connectivity index (χ1n) is 7.44. The van der Waals surface area contributed by atoms with Crippen molar-refractivity contribution in [1.82, 2.24) is 9.97 Å². The van der Waals surface area contributed by atoms with Crippen LogP contribution in [0.3, 0.4) is 0 Å². The second-order valence-electron chi connectivity index (χ2n) is 5.22. The van der Waals surface area contributed by atoms with Crippen molar-refractivity contribution in [3.05, 3.63) is 46.1 Å². The number of hydrogen-bond acceptors (Lipinski definition) is 6. The molecule has 0 spiro atoms. The molecular formula is C16H18BrN5O. The lowest BCUT2D eigenvalue weighted by Crippen LogP contribution is -2.37. The van der Waals surface area contributed by atoms with Gasteiger partial charge in [0.25, 0.3) is 0 Å². The zero-order valence-electron chi connectivity index (χ0n) is 12.9. The number of nitrogens with one attached hydrogen (secondary N) is 1. The molecular weight excluding hydrogens is 358 g/mol. The summed E-state index contributed by atoms with van der Waals surface area (Å²) in [6.45, 7) is 4.99. The topological polar surface area (TPSA) is 62.6 Å². The van der Waals surface area contributed by atoms with Crippen LogP contribution in [-0.2, 0) is 4.74 Å². The van der Waals surface area contributed by atoms with Gasteiger partial charge in [0.2, 0.25) is 5.95 Å². The number of halogens is 1. The van der Waals surface area contributed by atoms with Crippen LogP contribution in [0.2, 0.25) is 0 Å². The minimum absolute atomic E-state index is 0.687. The normalized spacial score (nSPS) is 15.1. The van der Waals surface area contributed by atoms with Crippen molar-refractivity contribution in [2.45, 2.75) is 6.92 Å². The quantitative estimate of drug-likeness (QED) is 0.657. The molecule has 1 N–H and O–H groups in total. The summed E-state index contributed by atoms with van der Waals surface area (Å²) in [5.74, 6) is 1.40. The summed E-state index contributed by atoms with van der Waals surface area (Å²) < 4.78 is 6.41. The molecule has 1 aromatic heterocycles. The van der Waals surface area contributed by atoms with Crippen LogP contribution in [0.15, 0.2) is 39.9 Å². The Balaban J connectivity index is 1.69. The Morgan fingerprint density at radius 3 is 2.70 bits per heavy atom. The highest BCUT2D eigenvalue weighted by Crippen LogP contribution is 2.15. The van der Waals surface area contributed by atoms with E-state index in [1.165, 1.54) is 0 Å². The third-order valence-electron chi connectivity index (χ3n) is 3.40. The van der Waals surface area contributed by atoms with Gasteiger partial charge in [0, 0.05) is 29.3 Å². The molecule has 0 atom stereocenters. The molecule has 23 heavy (non-hydrogen) atoms. The number of anilines is 2. The molecule has 0 bridgehead atoms. The highest BCUT2D eigenvalue weighted by atomic mass is 79.9. The Morgan fingerprint density at radius 1 is 1.22 bits per heavy atom. The predicted octanol–water partition coefficient (Wildman–Crippen LogP) is 2.83. The molecule has 7 heteroatoms. The van der Waals surface area contributed by atoms with Gasteiger partial charge in [0.15, 0.2) is 5.82 Å². The van der Waals surface area contributed by atoms with E-state index in [-0.39, 0.29) is 0 Å². The number of aromatic nitrogens is 2. The van der Waals surface area contributed by atoms with Crippen LogP contribution in [0.4, 0.5) is 11.8 Å². The summed E-state index contributed by atoms with van der Waals surface area (Å²) in [5.41, 5.74) is 4.90. The van der Waals surface area contributed by atoms with E-state index in [1.807, 2.05) is 37.3 Å². The first-order chi connectivity index (χ1) is 11.2. The van der Waals surface area contributed by atoms with Crippen LogP contribution in [0.5, 0.6) is 0 Å². The van der Waals surface area contributed by atoms with Crippen molar-refractivity contribution in [3.8, 4) is 0 Å². The van der Waals surface area contributed by atoms with Gasteiger partial charge in [-0.25, -0.2) is 4.98 Å². The van der Waals surface area contributed by atoms with Gasteiger partial charge >= 0.3 is 0 Å². The van der Waals surface area contributed by atoms with Crippen LogP contribution in [0.25, 0.3) is 0 Å². The van der Waals surface area contributed by atoms with Crippen LogP contribution in [0, 0.1) is 6.92 Å². The van der Waals surface area contributed by atoms with Gasteiger partial charge in [-0.2, -0.15) is 10.1 Å². The summed E-state index contributed by atoms with van der Waals surface area (Å²) in [7, 11) is 0. The molecule has 2 aromatic rings. The number of nitrogens with zero attached hydrogens (tertiary/aromatic N) is 4. The molecule has 0 aliphatic carbocycles. The average Bonchev–Trinajstić information content (AvgIpc) is 2.57. The zero-order valence-corrected chi connectivity index (χ0v) is 14.5. The van der Waals surface area contributed by atoms with E-state index < -0.39 is 0 Å². The van der Waals surface area contributed by atoms with Crippen molar-refractivity contribution in [3.63, 3.8) is 0 Å². The van der Waals surface area contributed by atoms with E-state index in [2.05, 4.69) is 41.3 Å². The van der Waals surface area contributed by atoms with E-state index >= 15 is 0 Å². The molecule has 0 saturated carbocycles. The molecule has 120 valence electrons. The van der Waals surface area contributed by atoms with Gasteiger partial charge in [-0.05, 0) is 24.6 Å². The highest BCUT2D eigenvalue weighted by Gasteiger charge is 2.14. The lowest BCUT2D eigenvalue weighted by Gasteiger charge is -2.27. The zero-order chi connectivity index (χ0) is 16.1. The molecule has 1 aliphatic heterocycles. The fourth-order valence-electron chi connectivity index (χ4n) is 2.24.